The molecule has 102 valence electrons. The van der Waals surface area contributed by atoms with Crippen LogP contribution < -0.4 is 0 Å². The van der Waals surface area contributed by atoms with Crippen LogP contribution in [-0.4, -0.2) is 0 Å². The predicted molar refractivity (Wildman–Crippen MR) is 83.9 cm³/mol. The van der Waals surface area contributed by atoms with Gasteiger partial charge in [-0.3, -0.25) is 0 Å². The molecule has 0 atom stereocenters. The molecule has 0 bridgehead atoms. The zero-order valence-corrected chi connectivity index (χ0v) is 11.6. The van der Waals surface area contributed by atoms with E-state index in [1.165, 1.54) is 17.7 Å². The van der Waals surface area contributed by atoms with Gasteiger partial charge in [0.05, 0.1) is 0 Å². The molecular formula is C19H13FO. The molecule has 0 amide bonds. The molecule has 0 radical (unpaired) electrons. The van der Waals surface area contributed by atoms with E-state index in [-0.39, 0.29) is 5.82 Å². The number of furan rings is 1. The van der Waals surface area contributed by atoms with Gasteiger partial charge in [0.1, 0.15) is 17.0 Å². The molecule has 3 aromatic carbocycles. The first-order valence-electron chi connectivity index (χ1n) is 6.90. The zero-order valence-electron chi connectivity index (χ0n) is 11.6. The number of halogens is 1. The fourth-order valence-corrected chi connectivity index (χ4v) is 2.85. The maximum atomic E-state index is 13.4. The first-order chi connectivity index (χ1) is 10.2. The Morgan fingerprint density at radius 3 is 2.57 bits per heavy atom. The van der Waals surface area contributed by atoms with Crippen LogP contribution in [0.1, 0.15) is 5.56 Å². The summed E-state index contributed by atoms with van der Waals surface area (Å²) in [7, 11) is 0. The van der Waals surface area contributed by atoms with E-state index in [0.717, 1.165) is 27.5 Å². The Kier molecular flexibility index (Phi) is 2.58. The van der Waals surface area contributed by atoms with Gasteiger partial charge in [-0.2, -0.15) is 0 Å². The van der Waals surface area contributed by atoms with Crippen molar-refractivity contribution in [2.75, 3.05) is 0 Å². The van der Waals surface area contributed by atoms with Gasteiger partial charge < -0.3 is 4.42 Å². The fraction of sp³-hybridized carbons (Fsp3) is 0.0526. The molecule has 0 aliphatic heterocycles. The van der Waals surface area contributed by atoms with Crippen LogP contribution in [0.4, 0.5) is 4.39 Å². The summed E-state index contributed by atoms with van der Waals surface area (Å²) in [6.07, 6.45) is 0. The van der Waals surface area contributed by atoms with Crippen LogP contribution in [0, 0.1) is 12.7 Å². The standard InChI is InChI=1S/C19H13FO/c1-12-4-2-5-13(10-12)15-6-3-7-17-19(15)16-9-8-14(20)11-18(16)21-17/h2-11H,1H3. The summed E-state index contributed by atoms with van der Waals surface area (Å²) < 4.78 is 19.2. The van der Waals surface area contributed by atoms with E-state index >= 15 is 0 Å². The summed E-state index contributed by atoms with van der Waals surface area (Å²) in [6, 6.07) is 19.0. The van der Waals surface area contributed by atoms with Crippen molar-refractivity contribution in [1.82, 2.24) is 0 Å². The minimum absolute atomic E-state index is 0.279. The summed E-state index contributed by atoms with van der Waals surface area (Å²) in [5, 5.41) is 1.99. The first-order valence-corrected chi connectivity index (χ1v) is 6.90. The summed E-state index contributed by atoms with van der Waals surface area (Å²) >= 11 is 0. The lowest BCUT2D eigenvalue weighted by Gasteiger charge is -2.04. The molecule has 0 aliphatic carbocycles. The Labute approximate surface area is 121 Å². The molecule has 4 aromatic rings. The number of benzene rings is 3. The molecule has 1 heterocycles. The maximum Gasteiger partial charge on any atom is 0.138 e. The normalized spacial score (nSPS) is 11.3. The summed E-state index contributed by atoms with van der Waals surface area (Å²) in [5.74, 6) is -0.279. The third kappa shape index (κ3) is 1.91. The Bertz CT molecular complexity index is 966. The van der Waals surface area contributed by atoms with Crippen LogP contribution >= 0.6 is 0 Å². The van der Waals surface area contributed by atoms with Crippen molar-refractivity contribution in [3.05, 3.63) is 72.0 Å². The minimum Gasteiger partial charge on any atom is -0.456 e. The van der Waals surface area contributed by atoms with Crippen LogP contribution in [-0.2, 0) is 0 Å². The highest BCUT2D eigenvalue weighted by Gasteiger charge is 2.12. The maximum absolute atomic E-state index is 13.4. The number of rotatable bonds is 1. The first kappa shape index (κ1) is 12.2. The van der Waals surface area contributed by atoms with Crippen molar-refractivity contribution < 1.29 is 8.81 Å². The van der Waals surface area contributed by atoms with E-state index in [2.05, 4.69) is 31.2 Å². The average Bonchev–Trinajstić information content (AvgIpc) is 2.84. The summed E-state index contributed by atoms with van der Waals surface area (Å²) in [4.78, 5) is 0. The molecule has 2 heteroatoms. The van der Waals surface area contributed by atoms with Gasteiger partial charge >= 0.3 is 0 Å². The quantitative estimate of drug-likeness (QED) is 0.434. The summed E-state index contributed by atoms with van der Waals surface area (Å²) in [5.41, 5.74) is 4.84. The number of aryl methyl sites for hydroxylation is 1. The molecule has 21 heavy (non-hydrogen) atoms. The van der Waals surface area contributed by atoms with Gasteiger partial charge in [0.2, 0.25) is 0 Å². The topological polar surface area (TPSA) is 13.1 Å². The molecule has 0 saturated heterocycles. The van der Waals surface area contributed by atoms with E-state index < -0.39 is 0 Å². The molecule has 0 saturated carbocycles. The van der Waals surface area contributed by atoms with Gasteiger partial charge in [0.15, 0.2) is 0 Å². The van der Waals surface area contributed by atoms with Crippen molar-refractivity contribution in [2.45, 2.75) is 6.92 Å². The van der Waals surface area contributed by atoms with Crippen LogP contribution in [0.5, 0.6) is 0 Å². The fourth-order valence-electron chi connectivity index (χ4n) is 2.85. The van der Waals surface area contributed by atoms with Crippen molar-refractivity contribution in [3.63, 3.8) is 0 Å². The minimum atomic E-state index is -0.279. The lowest BCUT2D eigenvalue weighted by molar-refractivity contribution is 0.618. The van der Waals surface area contributed by atoms with Crippen LogP contribution in [0.15, 0.2) is 65.1 Å². The van der Waals surface area contributed by atoms with Crippen LogP contribution in [0.3, 0.4) is 0 Å². The lowest BCUT2D eigenvalue weighted by Crippen LogP contribution is -1.81. The van der Waals surface area contributed by atoms with Crippen LogP contribution in [0.25, 0.3) is 33.1 Å². The Morgan fingerprint density at radius 1 is 0.857 bits per heavy atom. The van der Waals surface area contributed by atoms with Gasteiger partial charge in [-0.1, -0.05) is 42.0 Å². The number of hydrogen-bond donors (Lipinski definition) is 0. The number of fused-ring (bicyclic) bond motifs is 3. The van der Waals surface area contributed by atoms with Gasteiger partial charge in [0.25, 0.3) is 0 Å². The van der Waals surface area contributed by atoms with E-state index in [1.807, 2.05) is 18.2 Å². The third-order valence-electron chi connectivity index (χ3n) is 3.79. The molecular weight excluding hydrogens is 263 g/mol. The molecule has 0 spiro atoms. The summed E-state index contributed by atoms with van der Waals surface area (Å²) in [6.45, 7) is 2.08. The van der Waals surface area contributed by atoms with Crippen molar-refractivity contribution in [2.24, 2.45) is 0 Å². The molecule has 0 aliphatic rings. The van der Waals surface area contributed by atoms with Gasteiger partial charge in [0, 0.05) is 16.8 Å². The molecule has 1 aromatic heterocycles. The highest BCUT2D eigenvalue weighted by atomic mass is 19.1. The van der Waals surface area contributed by atoms with Crippen molar-refractivity contribution in [3.8, 4) is 11.1 Å². The lowest BCUT2D eigenvalue weighted by atomic mass is 9.98. The van der Waals surface area contributed by atoms with E-state index in [4.69, 9.17) is 4.42 Å². The molecule has 4 rings (SSSR count). The number of hydrogen-bond acceptors (Lipinski definition) is 1. The van der Waals surface area contributed by atoms with E-state index in [1.54, 1.807) is 6.07 Å². The second-order valence-corrected chi connectivity index (χ2v) is 5.29. The highest BCUT2D eigenvalue weighted by molar-refractivity contribution is 6.12. The highest BCUT2D eigenvalue weighted by Crippen LogP contribution is 2.36. The predicted octanol–water partition coefficient (Wildman–Crippen LogP) is 5.70. The Hall–Kier alpha value is -2.61. The Balaban J connectivity index is 2.12. The van der Waals surface area contributed by atoms with Gasteiger partial charge in [-0.05, 0) is 36.2 Å². The SMILES string of the molecule is Cc1cccc(-c2cccc3oc4cc(F)ccc4c23)c1. The second-order valence-electron chi connectivity index (χ2n) is 5.29. The van der Waals surface area contributed by atoms with E-state index in [9.17, 15) is 4.39 Å². The van der Waals surface area contributed by atoms with Crippen LogP contribution in [0.2, 0.25) is 0 Å². The monoisotopic (exact) mass is 276 g/mol. The largest absolute Gasteiger partial charge is 0.456 e. The average molecular weight is 276 g/mol. The molecule has 0 fully saturated rings. The molecule has 0 N–H and O–H groups in total. The third-order valence-corrected chi connectivity index (χ3v) is 3.79. The second kappa shape index (κ2) is 4.45. The molecule has 1 nitrogen and oxygen atoms in total. The zero-order chi connectivity index (χ0) is 14.4. The smallest absolute Gasteiger partial charge is 0.138 e. The Morgan fingerprint density at radius 2 is 1.71 bits per heavy atom. The van der Waals surface area contributed by atoms with E-state index in [0.29, 0.717) is 5.58 Å². The van der Waals surface area contributed by atoms with Gasteiger partial charge in [-0.25, -0.2) is 4.39 Å². The van der Waals surface area contributed by atoms with Crippen molar-refractivity contribution >= 4 is 21.9 Å². The van der Waals surface area contributed by atoms with Gasteiger partial charge in [-0.15, -0.1) is 0 Å². The van der Waals surface area contributed by atoms with Crippen molar-refractivity contribution in [1.29, 1.82) is 0 Å². The molecule has 0 unspecified atom stereocenters.